The van der Waals surface area contributed by atoms with Crippen LogP contribution in [0, 0.1) is 0 Å². The maximum atomic E-state index is 11.5. The Morgan fingerprint density at radius 1 is 1.50 bits per heavy atom. The third-order valence-electron chi connectivity index (χ3n) is 2.70. The molecular weight excluding hydrogens is 254 g/mol. The SMILES string of the molecule is COC(=O)Cc1c(C(C)C)oc2ccc(Cl)nc12. The van der Waals surface area contributed by atoms with Gasteiger partial charge in [-0.25, -0.2) is 4.98 Å². The van der Waals surface area contributed by atoms with Crippen LogP contribution in [0.4, 0.5) is 0 Å². The second-order valence-electron chi connectivity index (χ2n) is 4.33. The maximum Gasteiger partial charge on any atom is 0.310 e. The normalized spacial score (nSPS) is 11.2. The van der Waals surface area contributed by atoms with Gasteiger partial charge in [0.15, 0.2) is 5.58 Å². The van der Waals surface area contributed by atoms with Crippen molar-refractivity contribution in [3.8, 4) is 0 Å². The van der Waals surface area contributed by atoms with Crippen molar-refractivity contribution in [2.75, 3.05) is 7.11 Å². The van der Waals surface area contributed by atoms with Crippen LogP contribution in [0.15, 0.2) is 16.5 Å². The van der Waals surface area contributed by atoms with Crippen LogP contribution in [0.5, 0.6) is 0 Å². The lowest BCUT2D eigenvalue weighted by atomic mass is 10.0. The summed E-state index contributed by atoms with van der Waals surface area (Å²) in [6.07, 6.45) is 0.143. The van der Waals surface area contributed by atoms with Crippen molar-refractivity contribution < 1.29 is 13.9 Å². The Bertz CT molecular complexity index is 589. The van der Waals surface area contributed by atoms with E-state index >= 15 is 0 Å². The number of carbonyl (C=O) groups excluding carboxylic acids is 1. The molecule has 0 aromatic carbocycles. The monoisotopic (exact) mass is 267 g/mol. The number of nitrogens with zero attached hydrogens (tertiary/aromatic N) is 1. The molecule has 2 rings (SSSR count). The Balaban J connectivity index is 2.60. The number of fused-ring (bicyclic) bond motifs is 1. The predicted molar refractivity (Wildman–Crippen MR) is 68.8 cm³/mol. The third-order valence-corrected chi connectivity index (χ3v) is 2.91. The summed E-state index contributed by atoms with van der Waals surface area (Å²) in [4.78, 5) is 15.7. The highest BCUT2D eigenvalue weighted by atomic mass is 35.5. The zero-order valence-corrected chi connectivity index (χ0v) is 11.2. The second kappa shape index (κ2) is 4.98. The minimum Gasteiger partial charge on any atom is -0.469 e. The smallest absolute Gasteiger partial charge is 0.310 e. The first-order chi connectivity index (χ1) is 8.52. The number of furan rings is 1. The molecule has 0 aliphatic rings. The van der Waals surface area contributed by atoms with E-state index in [9.17, 15) is 4.79 Å². The van der Waals surface area contributed by atoms with Crippen LogP contribution < -0.4 is 0 Å². The van der Waals surface area contributed by atoms with E-state index in [4.69, 9.17) is 20.8 Å². The number of aromatic nitrogens is 1. The van der Waals surface area contributed by atoms with E-state index in [0.717, 1.165) is 11.3 Å². The Kier molecular flexibility index (Phi) is 3.57. The van der Waals surface area contributed by atoms with Gasteiger partial charge >= 0.3 is 5.97 Å². The molecule has 96 valence electrons. The molecule has 0 unspecified atom stereocenters. The number of methoxy groups -OCH3 is 1. The fourth-order valence-electron chi connectivity index (χ4n) is 1.87. The Labute approximate surface area is 110 Å². The molecule has 0 amide bonds. The van der Waals surface area contributed by atoms with Crippen molar-refractivity contribution in [3.63, 3.8) is 0 Å². The molecule has 18 heavy (non-hydrogen) atoms. The fraction of sp³-hybridized carbons (Fsp3) is 0.385. The molecule has 0 spiro atoms. The first-order valence-electron chi connectivity index (χ1n) is 5.67. The van der Waals surface area contributed by atoms with E-state index in [1.165, 1.54) is 7.11 Å². The largest absolute Gasteiger partial charge is 0.469 e. The standard InChI is InChI=1S/C13H14ClNO3/c1-7(2)13-8(6-11(16)17-3)12-9(18-13)4-5-10(14)15-12/h4-5,7H,6H2,1-3H3. The quantitative estimate of drug-likeness (QED) is 0.632. The van der Waals surface area contributed by atoms with Gasteiger partial charge in [0.25, 0.3) is 0 Å². The highest BCUT2D eigenvalue weighted by molar-refractivity contribution is 6.29. The number of rotatable bonds is 3. The molecule has 4 nitrogen and oxygen atoms in total. The molecule has 2 aromatic heterocycles. The number of hydrogen-bond donors (Lipinski definition) is 0. The van der Waals surface area contributed by atoms with Crippen molar-refractivity contribution in [3.05, 3.63) is 28.6 Å². The summed E-state index contributed by atoms with van der Waals surface area (Å²) in [5, 5.41) is 0.379. The van der Waals surface area contributed by atoms with Crippen molar-refractivity contribution in [2.24, 2.45) is 0 Å². The molecule has 2 heterocycles. The summed E-state index contributed by atoms with van der Waals surface area (Å²) < 4.78 is 10.4. The number of hydrogen-bond acceptors (Lipinski definition) is 4. The number of carbonyl (C=O) groups is 1. The van der Waals surface area contributed by atoms with Crippen molar-refractivity contribution >= 4 is 28.7 Å². The van der Waals surface area contributed by atoms with Gasteiger partial charge in [0, 0.05) is 11.5 Å². The van der Waals surface area contributed by atoms with Crippen LogP contribution in [-0.4, -0.2) is 18.1 Å². The van der Waals surface area contributed by atoms with Crippen LogP contribution in [0.1, 0.15) is 31.1 Å². The number of esters is 1. The predicted octanol–water partition coefficient (Wildman–Crippen LogP) is 3.32. The van der Waals surface area contributed by atoms with Gasteiger partial charge in [-0.15, -0.1) is 0 Å². The lowest BCUT2D eigenvalue weighted by Crippen LogP contribution is -2.06. The molecule has 2 aromatic rings. The fourth-order valence-corrected chi connectivity index (χ4v) is 2.02. The van der Waals surface area contributed by atoms with Crippen LogP contribution in [0.25, 0.3) is 11.1 Å². The van der Waals surface area contributed by atoms with E-state index in [2.05, 4.69) is 4.98 Å². The van der Waals surface area contributed by atoms with Crippen molar-refractivity contribution in [1.82, 2.24) is 4.98 Å². The van der Waals surface area contributed by atoms with E-state index in [0.29, 0.717) is 16.3 Å². The molecule has 0 aliphatic carbocycles. The van der Waals surface area contributed by atoms with Gasteiger partial charge in [0.05, 0.1) is 13.5 Å². The molecule has 0 saturated heterocycles. The molecule has 0 atom stereocenters. The third kappa shape index (κ3) is 2.34. The van der Waals surface area contributed by atoms with Gasteiger partial charge in [-0.05, 0) is 12.1 Å². The van der Waals surface area contributed by atoms with E-state index in [1.807, 2.05) is 13.8 Å². The number of ether oxygens (including phenoxy) is 1. The second-order valence-corrected chi connectivity index (χ2v) is 4.72. The summed E-state index contributed by atoms with van der Waals surface area (Å²) in [7, 11) is 1.36. The highest BCUT2D eigenvalue weighted by Gasteiger charge is 2.20. The van der Waals surface area contributed by atoms with Crippen molar-refractivity contribution in [2.45, 2.75) is 26.2 Å². The zero-order valence-electron chi connectivity index (χ0n) is 10.5. The van der Waals surface area contributed by atoms with Gasteiger partial charge < -0.3 is 9.15 Å². The highest BCUT2D eigenvalue weighted by Crippen LogP contribution is 2.31. The Hall–Kier alpha value is -1.55. The minimum absolute atomic E-state index is 0.143. The average molecular weight is 268 g/mol. The first-order valence-corrected chi connectivity index (χ1v) is 6.05. The van der Waals surface area contributed by atoms with Crippen LogP contribution in [0.2, 0.25) is 5.15 Å². The van der Waals surface area contributed by atoms with Crippen LogP contribution in [-0.2, 0) is 16.0 Å². The summed E-state index contributed by atoms with van der Waals surface area (Å²) in [5.74, 6) is 0.601. The van der Waals surface area contributed by atoms with E-state index < -0.39 is 0 Å². The molecule has 0 N–H and O–H groups in total. The van der Waals surface area contributed by atoms with E-state index in [1.54, 1.807) is 12.1 Å². The molecule has 0 radical (unpaired) electrons. The molecule has 0 fully saturated rings. The van der Waals surface area contributed by atoms with E-state index in [-0.39, 0.29) is 18.3 Å². The lowest BCUT2D eigenvalue weighted by molar-refractivity contribution is -0.139. The minimum atomic E-state index is -0.318. The van der Waals surface area contributed by atoms with Crippen LogP contribution in [0.3, 0.4) is 0 Å². The summed E-state index contributed by atoms with van der Waals surface area (Å²) in [5.41, 5.74) is 2.04. The average Bonchev–Trinajstić information content (AvgIpc) is 2.67. The van der Waals surface area contributed by atoms with Gasteiger partial charge in [-0.2, -0.15) is 0 Å². The lowest BCUT2D eigenvalue weighted by Gasteiger charge is -2.04. The summed E-state index contributed by atoms with van der Waals surface area (Å²) in [6, 6.07) is 3.43. The zero-order chi connectivity index (χ0) is 13.3. The maximum absolute atomic E-state index is 11.5. The number of pyridine rings is 1. The number of halogens is 1. The van der Waals surface area contributed by atoms with Crippen molar-refractivity contribution in [1.29, 1.82) is 0 Å². The molecule has 0 aliphatic heterocycles. The summed E-state index contributed by atoms with van der Waals surface area (Å²) >= 11 is 5.88. The Morgan fingerprint density at radius 3 is 2.83 bits per heavy atom. The van der Waals surface area contributed by atoms with Gasteiger partial charge in [-0.3, -0.25) is 4.79 Å². The summed E-state index contributed by atoms with van der Waals surface area (Å²) in [6.45, 7) is 4.00. The molecule has 0 saturated carbocycles. The van der Waals surface area contributed by atoms with Gasteiger partial charge in [0.1, 0.15) is 16.4 Å². The molecule has 0 bridgehead atoms. The Morgan fingerprint density at radius 2 is 2.22 bits per heavy atom. The first kappa shape index (κ1) is 12.9. The molecular formula is C13H14ClNO3. The van der Waals surface area contributed by atoms with Crippen LogP contribution >= 0.6 is 11.6 Å². The van der Waals surface area contributed by atoms with Gasteiger partial charge in [-0.1, -0.05) is 25.4 Å². The molecule has 5 heteroatoms. The topological polar surface area (TPSA) is 52.3 Å². The van der Waals surface area contributed by atoms with Gasteiger partial charge in [0.2, 0.25) is 0 Å².